The smallest absolute Gasteiger partial charge is 0.248 e. The van der Waals surface area contributed by atoms with Crippen LogP contribution < -0.4 is 0 Å². The van der Waals surface area contributed by atoms with E-state index in [0.717, 1.165) is 28.7 Å². The number of aromatic nitrogens is 4. The molecule has 166 valence electrons. The van der Waals surface area contributed by atoms with E-state index in [0.29, 0.717) is 29.5 Å². The highest BCUT2D eigenvalue weighted by Crippen LogP contribution is 2.30. The zero-order valence-corrected chi connectivity index (χ0v) is 19.2. The molecule has 2 aromatic heterocycles. The number of rotatable bonds is 4. The molecule has 1 aliphatic rings. The molecule has 0 saturated heterocycles. The van der Waals surface area contributed by atoms with Crippen molar-refractivity contribution >= 4 is 5.57 Å². The maximum atomic E-state index is 5.98. The van der Waals surface area contributed by atoms with Crippen LogP contribution in [0.2, 0.25) is 0 Å². The third-order valence-corrected chi connectivity index (χ3v) is 5.72. The van der Waals surface area contributed by atoms with Crippen LogP contribution in [0.1, 0.15) is 45.6 Å². The van der Waals surface area contributed by atoms with Gasteiger partial charge in [0.25, 0.3) is 0 Å². The van der Waals surface area contributed by atoms with Crippen LogP contribution in [-0.4, -0.2) is 20.4 Å². The fraction of sp³-hybridized carbons (Fsp3) is 0.259. The van der Waals surface area contributed by atoms with Crippen molar-refractivity contribution in [2.45, 2.75) is 39.5 Å². The molecule has 0 aliphatic heterocycles. The third kappa shape index (κ3) is 4.42. The Bertz CT molecular complexity index is 1340. The van der Waals surface area contributed by atoms with Gasteiger partial charge in [-0.05, 0) is 53.6 Å². The van der Waals surface area contributed by atoms with Crippen molar-refractivity contribution in [1.82, 2.24) is 20.4 Å². The van der Waals surface area contributed by atoms with Crippen LogP contribution in [0.25, 0.3) is 39.9 Å². The van der Waals surface area contributed by atoms with Gasteiger partial charge in [-0.3, -0.25) is 0 Å². The van der Waals surface area contributed by atoms with E-state index in [1.54, 1.807) is 0 Å². The van der Waals surface area contributed by atoms with E-state index < -0.39 is 0 Å². The van der Waals surface area contributed by atoms with Gasteiger partial charge in [0.2, 0.25) is 23.6 Å². The molecule has 0 amide bonds. The molecule has 0 saturated carbocycles. The van der Waals surface area contributed by atoms with Crippen molar-refractivity contribution in [1.29, 1.82) is 0 Å². The van der Waals surface area contributed by atoms with Crippen molar-refractivity contribution in [3.63, 3.8) is 0 Å². The monoisotopic (exact) mass is 438 g/mol. The van der Waals surface area contributed by atoms with Gasteiger partial charge >= 0.3 is 0 Å². The summed E-state index contributed by atoms with van der Waals surface area (Å²) in [6, 6.07) is 15.9. The Labute approximate surface area is 193 Å². The summed E-state index contributed by atoms with van der Waals surface area (Å²) in [5.74, 6) is 2.37. The Morgan fingerprint density at radius 1 is 0.758 bits per heavy atom. The molecule has 0 radical (unpaired) electrons. The van der Waals surface area contributed by atoms with Crippen molar-refractivity contribution in [2.75, 3.05) is 0 Å². The van der Waals surface area contributed by atoms with E-state index in [2.05, 4.69) is 72.4 Å². The molecule has 6 nitrogen and oxygen atoms in total. The van der Waals surface area contributed by atoms with Gasteiger partial charge < -0.3 is 8.83 Å². The zero-order chi connectivity index (χ0) is 23.0. The molecule has 2 aromatic carbocycles. The van der Waals surface area contributed by atoms with Gasteiger partial charge in [-0.15, -0.1) is 20.4 Å². The lowest BCUT2D eigenvalue weighted by Gasteiger charge is -2.18. The van der Waals surface area contributed by atoms with Gasteiger partial charge in [-0.25, -0.2) is 0 Å². The topological polar surface area (TPSA) is 77.8 Å². The summed E-state index contributed by atoms with van der Waals surface area (Å²) in [6.45, 7) is 8.74. The van der Waals surface area contributed by atoms with Crippen LogP contribution in [0.4, 0.5) is 0 Å². The Hall–Kier alpha value is -3.80. The van der Waals surface area contributed by atoms with Crippen LogP contribution in [0.3, 0.4) is 0 Å². The van der Waals surface area contributed by atoms with Crippen molar-refractivity contribution in [2.24, 2.45) is 5.92 Å². The predicted octanol–water partition coefficient (Wildman–Crippen LogP) is 6.73. The normalized spacial score (nSPS) is 16.1. The summed E-state index contributed by atoms with van der Waals surface area (Å²) in [5.41, 5.74) is 4.80. The minimum absolute atomic E-state index is 0.0929. The molecule has 1 unspecified atom stereocenters. The van der Waals surface area contributed by atoms with Crippen molar-refractivity contribution in [3.05, 3.63) is 78.2 Å². The van der Waals surface area contributed by atoms with Crippen LogP contribution in [0.15, 0.2) is 75.6 Å². The lowest BCUT2D eigenvalue weighted by atomic mass is 9.87. The molecule has 0 fully saturated rings. The summed E-state index contributed by atoms with van der Waals surface area (Å²) >= 11 is 0. The molecule has 0 N–H and O–H groups in total. The summed E-state index contributed by atoms with van der Waals surface area (Å²) < 4.78 is 11.9. The molecule has 4 aromatic rings. The highest BCUT2D eigenvalue weighted by Gasteiger charge is 2.17. The van der Waals surface area contributed by atoms with Gasteiger partial charge in [0.05, 0.1) is 0 Å². The largest absolute Gasteiger partial charge is 0.416 e. The lowest BCUT2D eigenvalue weighted by Crippen LogP contribution is -2.10. The standard InChI is InChI=1S/C27H26N4O2/c1-17-7-5-8-19(15-17)24-29-31-26(33-24)21-10-6-9-20(16-21)25-30-28-23(32-25)18-11-13-22(14-12-18)27(2,3)4/h5-6,8-17H,7H2,1-4H3. The minimum Gasteiger partial charge on any atom is -0.416 e. The van der Waals surface area contributed by atoms with Crippen LogP contribution >= 0.6 is 0 Å². The van der Waals surface area contributed by atoms with E-state index in [9.17, 15) is 0 Å². The van der Waals surface area contributed by atoms with E-state index in [-0.39, 0.29) is 5.41 Å². The maximum absolute atomic E-state index is 5.98. The lowest BCUT2D eigenvalue weighted by molar-refractivity contribution is 0.552. The van der Waals surface area contributed by atoms with E-state index in [1.165, 1.54) is 5.56 Å². The van der Waals surface area contributed by atoms with E-state index in [1.807, 2.05) is 42.5 Å². The highest BCUT2D eigenvalue weighted by atomic mass is 16.4. The Morgan fingerprint density at radius 3 is 1.94 bits per heavy atom. The second kappa shape index (κ2) is 8.28. The van der Waals surface area contributed by atoms with Crippen molar-refractivity contribution in [3.8, 4) is 34.4 Å². The van der Waals surface area contributed by atoms with Gasteiger partial charge in [-0.2, -0.15) is 0 Å². The van der Waals surface area contributed by atoms with Crippen LogP contribution in [0, 0.1) is 5.92 Å². The summed E-state index contributed by atoms with van der Waals surface area (Å²) in [5, 5.41) is 17.0. The Balaban J connectivity index is 1.40. The fourth-order valence-corrected chi connectivity index (χ4v) is 3.79. The number of nitrogens with zero attached hydrogens (tertiary/aromatic N) is 4. The molecule has 5 rings (SSSR count). The maximum Gasteiger partial charge on any atom is 0.248 e. The van der Waals surface area contributed by atoms with Gasteiger partial charge in [0, 0.05) is 22.3 Å². The van der Waals surface area contributed by atoms with Crippen molar-refractivity contribution < 1.29 is 8.83 Å². The summed E-state index contributed by atoms with van der Waals surface area (Å²) in [4.78, 5) is 0. The number of hydrogen-bond acceptors (Lipinski definition) is 6. The first-order valence-corrected chi connectivity index (χ1v) is 11.1. The molecule has 1 aliphatic carbocycles. The van der Waals surface area contributed by atoms with Gasteiger partial charge in [0.15, 0.2) is 0 Å². The third-order valence-electron chi connectivity index (χ3n) is 5.72. The molecule has 0 spiro atoms. The number of allylic oxidation sites excluding steroid dienone is 4. The van der Waals surface area contributed by atoms with Crippen LogP contribution in [-0.2, 0) is 5.41 Å². The number of benzene rings is 2. The molecule has 2 heterocycles. The Morgan fingerprint density at radius 2 is 1.33 bits per heavy atom. The molecular formula is C27H26N4O2. The SMILES string of the molecule is CC1C=C(c2nnc(-c3cccc(-c4nnc(-c5ccc(C(C)(C)C)cc5)o4)c3)o2)C=CC1. The second-order valence-corrected chi connectivity index (χ2v) is 9.47. The summed E-state index contributed by atoms with van der Waals surface area (Å²) in [6.07, 6.45) is 7.34. The zero-order valence-electron chi connectivity index (χ0n) is 19.2. The average Bonchev–Trinajstić information content (AvgIpc) is 3.49. The van der Waals surface area contributed by atoms with E-state index in [4.69, 9.17) is 8.83 Å². The average molecular weight is 439 g/mol. The first kappa shape index (κ1) is 21.1. The predicted molar refractivity (Wildman–Crippen MR) is 128 cm³/mol. The quantitative estimate of drug-likeness (QED) is 0.351. The number of hydrogen-bond donors (Lipinski definition) is 0. The highest BCUT2D eigenvalue weighted by molar-refractivity contribution is 5.71. The van der Waals surface area contributed by atoms with E-state index >= 15 is 0 Å². The van der Waals surface area contributed by atoms with Crippen LogP contribution in [0.5, 0.6) is 0 Å². The second-order valence-electron chi connectivity index (χ2n) is 9.47. The summed E-state index contributed by atoms with van der Waals surface area (Å²) in [7, 11) is 0. The van der Waals surface area contributed by atoms with Gasteiger partial charge in [0.1, 0.15) is 0 Å². The first-order valence-electron chi connectivity index (χ1n) is 11.1. The molecule has 6 heteroatoms. The fourth-order valence-electron chi connectivity index (χ4n) is 3.79. The molecule has 33 heavy (non-hydrogen) atoms. The molecule has 0 bridgehead atoms. The molecular weight excluding hydrogens is 412 g/mol. The minimum atomic E-state index is 0.0929. The van der Waals surface area contributed by atoms with Gasteiger partial charge in [-0.1, -0.05) is 64.1 Å². The molecule has 1 atom stereocenters. The first-order chi connectivity index (χ1) is 15.9. The Kier molecular flexibility index (Phi) is 5.29.